The molecule has 2 aliphatic rings. The molecule has 1 aromatic carbocycles. The number of hydrogen-bond acceptors (Lipinski definition) is 6. The Morgan fingerprint density at radius 2 is 1.94 bits per heavy atom. The fourth-order valence-electron chi connectivity index (χ4n) is 4.32. The minimum Gasteiger partial charge on any atom is -0.376 e. The Kier molecular flexibility index (Phi) is 6.49. The highest BCUT2D eigenvalue weighted by atomic mass is 32.1. The molecule has 5 rings (SSSR count). The number of ether oxygens (including phenoxy) is 1. The van der Waals surface area contributed by atoms with E-state index < -0.39 is 0 Å². The molecule has 3 aromatic rings. The number of benzene rings is 1. The van der Waals surface area contributed by atoms with Crippen LogP contribution in [0.25, 0.3) is 10.7 Å². The van der Waals surface area contributed by atoms with Gasteiger partial charge in [-0.25, -0.2) is 4.68 Å². The van der Waals surface area contributed by atoms with Crippen molar-refractivity contribution in [3.8, 4) is 10.7 Å². The zero-order valence-electron chi connectivity index (χ0n) is 17.9. The largest absolute Gasteiger partial charge is 0.376 e. The van der Waals surface area contributed by atoms with E-state index in [1.165, 1.54) is 0 Å². The van der Waals surface area contributed by atoms with E-state index in [1.807, 2.05) is 46.0 Å². The molecule has 168 valence electrons. The van der Waals surface area contributed by atoms with Gasteiger partial charge in [-0.2, -0.15) is 0 Å². The van der Waals surface area contributed by atoms with Crippen LogP contribution >= 0.6 is 23.6 Å². The number of rotatable bonds is 6. The lowest BCUT2D eigenvalue weighted by Crippen LogP contribution is -2.49. The Hall–Kier alpha value is -2.33. The fraction of sp³-hybridized carbons (Fsp3) is 0.435. The average molecular weight is 470 g/mol. The van der Waals surface area contributed by atoms with E-state index in [1.54, 1.807) is 11.3 Å². The molecule has 0 saturated carbocycles. The summed E-state index contributed by atoms with van der Waals surface area (Å²) in [6.07, 6.45) is 2.37. The van der Waals surface area contributed by atoms with Crippen LogP contribution < -0.4 is 0 Å². The highest BCUT2D eigenvalue weighted by Crippen LogP contribution is 2.26. The van der Waals surface area contributed by atoms with Crippen LogP contribution in [0.1, 0.15) is 23.2 Å². The van der Waals surface area contributed by atoms with Crippen molar-refractivity contribution in [1.82, 2.24) is 24.1 Å². The van der Waals surface area contributed by atoms with Crippen LogP contribution in [0.4, 0.5) is 0 Å². The van der Waals surface area contributed by atoms with Gasteiger partial charge < -0.3 is 9.64 Å². The molecule has 0 radical (unpaired) electrons. The lowest BCUT2D eigenvalue weighted by atomic mass is 10.2. The molecule has 0 aliphatic carbocycles. The molecule has 0 bridgehead atoms. The Balaban J connectivity index is 1.28. The maximum atomic E-state index is 12.7. The smallest absolute Gasteiger partial charge is 0.253 e. The molecular weight excluding hydrogens is 442 g/mol. The Bertz CT molecular complexity index is 1100. The Labute approximate surface area is 196 Å². The lowest BCUT2D eigenvalue weighted by molar-refractivity contribution is 0.0584. The molecule has 7 nitrogen and oxygen atoms in total. The van der Waals surface area contributed by atoms with Gasteiger partial charge in [0.2, 0.25) is 0 Å². The summed E-state index contributed by atoms with van der Waals surface area (Å²) in [5.41, 5.74) is 0.747. The van der Waals surface area contributed by atoms with E-state index >= 15 is 0 Å². The van der Waals surface area contributed by atoms with Crippen LogP contribution in [0.5, 0.6) is 0 Å². The molecule has 9 heteroatoms. The van der Waals surface area contributed by atoms with Gasteiger partial charge in [0.25, 0.3) is 5.91 Å². The van der Waals surface area contributed by atoms with Crippen LogP contribution in [0.15, 0.2) is 47.8 Å². The number of aromatic nitrogens is 3. The van der Waals surface area contributed by atoms with Crippen LogP contribution in [-0.2, 0) is 18.0 Å². The zero-order chi connectivity index (χ0) is 21.9. The molecule has 0 unspecified atom stereocenters. The fourth-order valence-corrected chi connectivity index (χ4v) is 5.30. The number of amides is 1. The van der Waals surface area contributed by atoms with Crippen molar-refractivity contribution < 1.29 is 9.53 Å². The molecule has 2 fully saturated rings. The highest BCUT2D eigenvalue weighted by molar-refractivity contribution is 7.71. The van der Waals surface area contributed by atoms with Gasteiger partial charge in [0.15, 0.2) is 10.6 Å². The summed E-state index contributed by atoms with van der Waals surface area (Å²) in [4.78, 5) is 18.1. The Morgan fingerprint density at radius 3 is 2.62 bits per heavy atom. The number of nitrogens with zero attached hydrogens (tertiary/aromatic N) is 5. The molecular formula is C23H27N5O2S2. The third-order valence-electron chi connectivity index (χ3n) is 6.09. The van der Waals surface area contributed by atoms with Crippen LogP contribution in [0.3, 0.4) is 0 Å². The first-order chi connectivity index (χ1) is 15.7. The second-order valence-electron chi connectivity index (χ2n) is 8.25. The van der Waals surface area contributed by atoms with Crippen molar-refractivity contribution in [2.75, 3.05) is 32.8 Å². The van der Waals surface area contributed by atoms with Crippen molar-refractivity contribution >= 4 is 29.5 Å². The zero-order valence-corrected chi connectivity index (χ0v) is 19.6. The molecule has 32 heavy (non-hydrogen) atoms. The topological polar surface area (TPSA) is 55.5 Å². The van der Waals surface area contributed by atoms with Crippen molar-refractivity contribution in [3.63, 3.8) is 0 Å². The van der Waals surface area contributed by atoms with E-state index in [9.17, 15) is 4.79 Å². The van der Waals surface area contributed by atoms with Gasteiger partial charge in [-0.15, -0.1) is 16.4 Å². The van der Waals surface area contributed by atoms with Crippen molar-refractivity contribution in [3.05, 3.63) is 58.2 Å². The predicted molar refractivity (Wildman–Crippen MR) is 127 cm³/mol. The summed E-state index contributed by atoms with van der Waals surface area (Å²) in [5, 5.41) is 6.96. The average Bonchev–Trinajstić information content (AvgIpc) is 3.59. The number of piperazine rings is 1. The molecule has 4 heterocycles. The van der Waals surface area contributed by atoms with E-state index in [0.717, 1.165) is 60.1 Å². The number of carbonyl (C=O) groups is 1. The Morgan fingerprint density at radius 1 is 1.12 bits per heavy atom. The molecule has 2 aliphatic heterocycles. The van der Waals surface area contributed by atoms with Gasteiger partial charge in [-0.1, -0.05) is 24.3 Å². The summed E-state index contributed by atoms with van der Waals surface area (Å²) in [6.45, 7) is 5.20. The first-order valence-electron chi connectivity index (χ1n) is 11.1. The predicted octanol–water partition coefficient (Wildman–Crippen LogP) is 3.74. The van der Waals surface area contributed by atoms with Gasteiger partial charge in [0, 0.05) is 38.3 Å². The van der Waals surface area contributed by atoms with Gasteiger partial charge in [0.05, 0.1) is 24.2 Å². The van der Waals surface area contributed by atoms with Gasteiger partial charge in [-0.3, -0.25) is 14.3 Å². The third-order valence-corrected chi connectivity index (χ3v) is 7.39. The van der Waals surface area contributed by atoms with Gasteiger partial charge in [0.1, 0.15) is 0 Å². The van der Waals surface area contributed by atoms with Crippen LogP contribution in [-0.4, -0.2) is 68.9 Å². The summed E-state index contributed by atoms with van der Waals surface area (Å²) >= 11 is 7.52. The summed E-state index contributed by atoms with van der Waals surface area (Å²) in [6, 6.07) is 13.6. The molecule has 0 N–H and O–H groups in total. The number of carbonyl (C=O) groups excluding carboxylic acids is 1. The molecule has 0 spiro atoms. The third kappa shape index (κ3) is 4.56. The minimum atomic E-state index is 0.0997. The van der Waals surface area contributed by atoms with Gasteiger partial charge >= 0.3 is 0 Å². The summed E-state index contributed by atoms with van der Waals surface area (Å²) < 4.78 is 10.6. The van der Waals surface area contributed by atoms with Crippen molar-refractivity contribution in [1.29, 1.82) is 0 Å². The van der Waals surface area contributed by atoms with Gasteiger partial charge in [-0.05, 0) is 48.6 Å². The summed E-state index contributed by atoms with van der Waals surface area (Å²) in [7, 11) is 0. The lowest BCUT2D eigenvalue weighted by Gasteiger charge is -2.34. The monoisotopic (exact) mass is 469 g/mol. The first-order valence-corrected chi connectivity index (χ1v) is 12.4. The number of hydrogen-bond donors (Lipinski definition) is 0. The normalized spacial score (nSPS) is 19.5. The minimum absolute atomic E-state index is 0.0997. The van der Waals surface area contributed by atoms with E-state index in [4.69, 9.17) is 22.1 Å². The maximum Gasteiger partial charge on any atom is 0.253 e. The second kappa shape index (κ2) is 9.66. The first kappa shape index (κ1) is 21.5. The molecule has 1 atom stereocenters. The molecule has 2 aromatic heterocycles. The second-order valence-corrected chi connectivity index (χ2v) is 9.56. The molecule has 1 amide bonds. The quantitative estimate of drug-likeness (QED) is 0.515. The van der Waals surface area contributed by atoms with E-state index in [-0.39, 0.29) is 12.0 Å². The molecule has 2 saturated heterocycles. The van der Waals surface area contributed by atoms with E-state index in [2.05, 4.69) is 20.9 Å². The highest BCUT2D eigenvalue weighted by Gasteiger charge is 2.25. The van der Waals surface area contributed by atoms with Crippen molar-refractivity contribution in [2.24, 2.45) is 0 Å². The SMILES string of the molecule is O=C(c1ccccc1)N1CCN(Cn2nc(-c3cccs3)n(C[C@@H]3CCCO3)c2=S)CC1. The summed E-state index contributed by atoms with van der Waals surface area (Å²) in [5.74, 6) is 1.01. The van der Waals surface area contributed by atoms with E-state index in [0.29, 0.717) is 19.8 Å². The van der Waals surface area contributed by atoms with Crippen LogP contribution in [0, 0.1) is 4.77 Å². The number of thiophene rings is 1. The van der Waals surface area contributed by atoms with Crippen LogP contribution in [0.2, 0.25) is 0 Å². The maximum absolute atomic E-state index is 12.7. The standard InChI is InChI=1S/C23H27N5O2S2/c29-22(18-6-2-1-3-7-18)26-12-10-25(11-13-26)17-28-23(31)27(16-19-8-4-14-30-19)21(24-28)20-9-5-15-32-20/h1-3,5-7,9,15,19H,4,8,10-14,16-17H2/t19-/m0/s1. The van der Waals surface area contributed by atoms with Crippen molar-refractivity contribution in [2.45, 2.75) is 32.2 Å².